The molecule has 2 atom stereocenters. The van der Waals surface area contributed by atoms with Gasteiger partial charge in [-0.2, -0.15) is 0 Å². The van der Waals surface area contributed by atoms with Crippen molar-refractivity contribution in [2.24, 2.45) is 0 Å². The van der Waals surface area contributed by atoms with Crippen LogP contribution in [0.1, 0.15) is 24.1 Å². The monoisotopic (exact) mass is 261 g/mol. The van der Waals surface area contributed by atoms with E-state index in [0.717, 1.165) is 17.5 Å². The fourth-order valence-electron chi connectivity index (χ4n) is 2.80. The number of hydrogen-bond acceptors (Lipinski definition) is 4. The van der Waals surface area contributed by atoms with Crippen LogP contribution in [0.25, 0.3) is 0 Å². The zero-order chi connectivity index (χ0) is 13.4. The number of nitrogens with zero attached hydrogens (tertiary/aromatic N) is 1. The highest BCUT2D eigenvalue weighted by molar-refractivity contribution is 5.85. The molecule has 100 valence electrons. The van der Waals surface area contributed by atoms with E-state index in [1.165, 1.54) is 4.90 Å². The number of fused-ring (bicyclic) bond motifs is 2. The molecule has 1 aromatic carbocycles. The lowest BCUT2D eigenvalue weighted by Gasteiger charge is -2.35. The molecular formula is C14H15NO4. The van der Waals surface area contributed by atoms with Crippen molar-refractivity contribution in [1.29, 1.82) is 0 Å². The van der Waals surface area contributed by atoms with Crippen molar-refractivity contribution in [2.45, 2.75) is 25.4 Å². The fourth-order valence-corrected chi connectivity index (χ4v) is 2.80. The Kier molecular flexibility index (Phi) is 2.89. The van der Waals surface area contributed by atoms with E-state index in [1.807, 2.05) is 24.3 Å². The molecule has 3 rings (SSSR count). The van der Waals surface area contributed by atoms with E-state index in [4.69, 9.17) is 9.47 Å². The summed E-state index contributed by atoms with van der Waals surface area (Å²) < 4.78 is 10.2. The van der Waals surface area contributed by atoms with Gasteiger partial charge < -0.3 is 9.47 Å². The number of rotatable bonds is 2. The van der Waals surface area contributed by atoms with Crippen LogP contribution >= 0.6 is 0 Å². The smallest absolute Gasteiger partial charge is 0.411 e. The molecule has 0 aromatic heterocycles. The van der Waals surface area contributed by atoms with Crippen molar-refractivity contribution >= 4 is 12.1 Å². The lowest BCUT2D eigenvalue weighted by Crippen LogP contribution is -2.46. The minimum atomic E-state index is -0.676. The number of carbonyl (C=O) groups excluding carboxylic acids is 2. The normalized spacial score (nSPS) is 24.5. The Morgan fingerprint density at radius 2 is 2.26 bits per heavy atom. The largest absolute Gasteiger partial charge is 0.464 e. The minimum absolute atomic E-state index is 0.0724. The third-order valence-corrected chi connectivity index (χ3v) is 3.60. The molecule has 1 saturated heterocycles. The Labute approximate surface area is 111 Å². The van der Waals surface area contributed by atoms with Crippen LogP contribution in [0.4, 0.5) is 4.79 Å². The number of amides is 1. The summed E-state index contributed by atoms with van der Waals surface area (Å²) in [6.07, 6.45) is 0.287. The molecule has 5 heteroatoms. The molecule has 2 heterocycles. The second-order valence-electron chi connectivity index (χ2n) is 4.70. The van der Waals surface area contributed by atoms with Gasteiger partial charge in [-0.25, -0.2) is 9.59 Å². The third-order valence-electron chi connectivity index (χ3n) is 3.60. The van der Waals surface area contributed by atoms with Crippen LogP contribution in [0, 0.1) is 0 Å². The predicted molar refractivity (Wildman–Crippen MR) is 66.5 cm³/mol. The van der Waals surface area contributed by atoms with Crippen molar-refractivity contribution in [3.63, 3.8) is 0 Å². The van der Waals surface area contributed by atoms with Crippen LogP contribution in [-0.4, -0.2) is 36.2 Å². The second-order valence-corrected chi connectivity index (χ2v) is 4.70. The fraction of sp³-hybridized carbons (Fsp3) is 0.429. The highest BCUT2D eigenvalue weighted by atomic mass is 16.6. The van der Waals surface area contributed by atoms with Gasteiger partial charge in [0.05, 0.1) is 12.6 Å². The molecule has 1 amide bonds. The second kappa shape index (κ2) is 4.57. The average Bonchev–Trinajstić information content (AvgIpc) is 2.78. The standard InChI is InChI=1S/C14H15NO4/c1-2-18-13(16)12-11-6-4-3-5-9(11)7-10-8-19-14(17)15(10)12/h3-6,10,12H,2,7-8H2,1H3/t10-,12-/m1/s1. The number of hydrogen-bond donors (Lipinski definition) is 0. The summed E-state index contributed by atoms with van der Waals surface area (Å²) in [4.78, 5) is 25.5. The first-order chi connectivity index (χ1) is 9.22. The average molecular weight is 261 g/mol. The molecule has 1 fully saturated rings. The van der Waals surface area contributed by atoms with E-state index in [2.05, 4.69) is 0 Å². The van der Waals surface area contributed by atoms with E-state index >= 15 is 0 Å². The molecule has 0 unspecified atom stereocenters. The number of benzene rings is 1. The lowest BCUT2D eigenvalue weighted by molar-refractivity contribution is -0.149. The molecule has 0 saturated carbocycles. The first-order valence-electron chi connectivity index (χ1n) is 6.42. The van der Waals surface area contributed by atoms with Crippen LogP contribution < -0.4 is 0 Å². The van der Waals surface area contributed by atoms with Gasteiger partial charge in [-0.15, -0.1) is 0 Å². The molecule has 5 nitrogen and oxygen atoms in total. The van der Waals surface area contributed by atoms with Gasteiger partial charge in [-0.1, -0.05) is 24.3 Å². The molecule has 0 radical (unpaired) electrons. The molecular weight excluding hydrogens is 246 g/mol. The minimum Gasteiger partial charge on any atom is -0.464 e. The number of carbonyl (C=O) groups is 2. The van der Waals surface area contributed by atoms with Gasteiger partial charge in [0, 0.05) is 0 Å². The Hall–Kier alpha value is -2.04. The number of ether oxygens (including phenoxy) is 2. The third kappa shape index (κ3) is 1.85. The maximum absolute atomic E-state index is 12.2. The summed E-state index contributed by atoms with van der Waals surface area (Å²) in [7, 11) is 0. The quantitative estimate of drug-likeness (QED) is 0.760. The molecule has 0 aliphatic carbocycles. The zero-order valence-electron chi connectivity index (χ0n) is 10.7. The maximum atomic E-state index is 12.2. The molecule has 0 N–H and O–H groups in total. The summed E-state index contributed by atoms with van der Waals surface area (Å²) >= 11 is 0. The van der Waals surface area contributed by atoms with Gasteiger partial charge in [-0.3, -0.25) is 4.90 Å². The Morgan fingerprint density at radius 3 is 3.05 bits per heavy atom. The Balaban J connectivity index is 2.05. The van der Waals surface area contributed by atoms with E-state index in [-0.39, 0.29) is 6.04 Å². The van der Waals surface area contributed by atoms with E-state index < -0.39 is 18.1 Å². The van der Waals surface area contributed by atoms with Gasteiger partial charge in [0.25, 0.3) is 0 Å². The Bertz CT molecular complexity index is 528. The van der Waals surface area contributed by atoms with Crippen molar-refractivity contribution in [2.75, 3.05) is 13.2 Å². The van der Waals surface area contributed by atoms with Crippen molar-refractivity contribution in [1.82, 2.24) is 4.90 Å². The van der Waals surface area contributed by atoms with Crippen LogP contribution in [0.15, 0.2) is 24.3 Å². The lowest BCUT2D eigenvalue weighted by atomic mass is 9.89. The zero-order valence-corrected chi connectivity index (χ0v) is 10.7. The first kappa shape index (κ1) is 12.0. The molecule has 1 aromatic rings. The summed E-state index contributed by atoms with van der Waals surface area (Å²) in [5.41, 5.74) is 1.93. The molecule has 19 heavy (non-hydrogen) atoms. The highest BCUT2D eigenvalue weighted by Crippen LogP contribution is 2.37. The van der Waals surface area contributed by atoms with Crippen LogP contribution in [0.2, 0.25) is 0 Å². The van der Waals surface area contributed by atoms with Gasteiger partial charge in [0.2, 0.25) is 0 Å². The number of cyclic esters (lactones) is 1. The maximum Gasteiger partial charge on any atom is 0.411 e. The summed E-state index contributed by atoms with van der Waals surface area (Å²) in [6.45, 7) is 2.39. The van der Waals surface area contributed by atoms with Crippen molar-refractivity contribution in [3.8, 4) is 0 Å². The van der Waals surface area contributed by atoms with Crippen LogP contribution in [0.5, 0.6) is 0 Å². The van der Waals surface area contributed by atoms with Crippen molar-refractivity contribution < 1.29 is 19.1 Å². The van der Waals surface area contributed by atoms with Gasteiger partial charge in [0.1, 0.15) is 6.61 Å². The molecule has 2 aliphatic heterocycles. The van der Waals surface area contributed by atoms with E-state index in [9.17, 15) is 9.59 Å². The van der Waals surface area contributed by atoms with Gasteiger partial charge in [-0.05, 0) is 24.5 Å². The van der Waals surface area contributed by atoms with Gasteiger partial charge >= 0.3 is 12.1 Å². The number of esters is 1. The van der Waals surface area contributed by atoms with Gasteiger partial charge in [0.15, 0.2) is 6.04 Å². The predicted octanol–water partition coefficient (Wildman–Crippen LogP) is 1.67. The molecule has 0 bridgehead atoms. The topological polar surface area (TPSA) is 55.8 Å². The highest BCUT2D eigenvalue weighted by Gasteiger charge is 2.46. The van der Waals surface area contributed by atoms with E-state index in [0.29, 0.717) is 13.2 Å². The van der Waals surface area contributed by atoms with Crippen molar-refractivity contribution in [3.05, 3.63) is 35.4 Å². The van der Waals surface area contributed by atoms with Crippen LogP contribution in [-0.2, 0) is 20.7 Å². The molecule has 2 aliphatic rings. The first-order valence-corrected chi connectivity index (χ1v) is 6.42. The summed E-state index contributed by atoms with van der Waals surface area (Å²) in [5, 5.41) is 0. The molecule has 0 spiro atoms. The SMILES string of the molecule is CCOC(=O)[C@H]1c2ccccc2C[C@@H]2COC(=O)N21. The Morgan fingerprint density at radius 1 is 1.47 bits per heavy atom. The van der Waals surface area contributed by atoms with Crippen LogP contribution in [0.3, 0.4) is 0 Å². The summed E-state index contributed by atoms with van der Waals surface area (Å²) in [6, 6.07) is 6.92. The summed E-state index contributed by atoms with van der Waals surface area (Å²) in [5.74, 6) is -0.390. The van der Waals surface area contributed by atoms with E-state index in [1.54, 1.807) is 6.92 Å².